The number of aryl methyl sites for hydroxylation is 1. The Morgan fingerprint density at radius 1 is 1.47 bits per heavy atom. The molecule has 1 atom stereocenters. The van der Waals surface area contributed by atoms with Crippen molar-refractivity contribution >= 4 is 11.6 Å². The summed E-state index contributed by atoms with van der Waals surface area (Å²) in [6, 6.07) is 0.628. The standard InChI is InChI=1S/C12H21ClN4/c1-2-17-12(14-10-15-17)9-16-8-4-3-5-11(16)6-7-13/h10-11H,2-9H2,1H3. The first-order chi connectivity index (χ1) is 8.35. The van der Waals surface area contributed by atoms with Gasteiger partial charge in [-0.05, 0) is 32.7 Å². The van der Waals surface area contributed by atoms with Crippen LogP contribution in [0, 0.1) is 0 Å². The second-order valence-electron chi connectivity index (χ2n) is 4.59. The first-order valence-electron chi connectivity index (χ1n) is 6.51. The zero-order valence-corrected chi connectivity index (χ0v) is 11.2. The fourth-order valence-corrected chi connectivity index (χ4v) is 2.83. The fourth-order valence-electron chi connectivity index (χ4n) is 2.58. The van der Waals surface area contributed by atoms with Gasteiger partial charge >= 0.3 is 0 Å². The molecule has 1 saturated heterocycles. The van der Waals surface area contributed by atoms with E-state index in [4.69, 9.17) is 11.6 Å². The monoisotopic (exact) mass is 256 g/mol. The Morgan fingerprint density at radius 3 is 3.12 bits per heavy atom. The summed E-state index contributed by atoms with van der Waals surface area (Å²) in [4.78, 5) is 6.87. The molecular weight excluding hydrogens is 236 g/mol. The van der Waals surface area contributed by atoms with Gasteiger partial charge in [-0.25, -0.2) is 9.67 Å². The molecule has 4 nitrogen and oxygen atoms in total. The quantitative estimate of drug-likeness (QED) is 0.758. The minimum absolute atomic E-state index is 0.628. The van der Waals surface area contributed by atoms with E-state index in [-0.39, 0.29) is 0 Å². The Morgan fingerprint density at radius 2 is 2.35 bits per heavy atom. The summed E-state index contributed by atoms with van der Waals surface area (Å²) in [5.74, 6) is 1.83. The maximum Gasteiger partial charge on any atom is 0.141 e. The van der Waals surface area contributed by atoms with E-state index in [9.17, 15) is 0 Å². The number of rotatable bonds is 5. The predicted molar refractivity (Wildman–Crippen MR) is 69.1 cm³/mol. The second-order valence-corrected chi connectivity index (χ2v) is 4.97. The Balaban J connectivity index is 2.00. The highest BCUT2D eigenvalue weighted by molar-refractivity contribution is 6.17. The first-order valence-corrected chi connectivity index (χ1v) is 7.05. The Labute approximate surface area is 108 Å². The van der Waals surface area contributed by atoms with Crippen LogP contribution in [-0.2, 0) is 13.1 Å². The van der Waals surface area contributed by atoms with Crippen molar-refractivity contribution in [2.45, 2.75) is 51.7 Å². The van der Waals surface area contributed by atoms with Crippen molar-refractivity contribution in [3.63, 3.8) is 0 Å². The molecule has 1 aromatic rings. The van der Waals surface area contributed by atoms with E-state index in [1.165, 1.54) is 19.3 Å². The lowest BCUT2D eigenvalue weighted by Crippen LogP contribution is -2.39. The lowest BCUT2D eigenvalue weighted by Gasteiger charge is -2.35. The summed E-state index contributed by atoms with van der Waals surface area (Å²) in [5, 5.41) is 4.22. The van der Waals surface area contributed by atoms with Gasteiger partial charge < -0.3 is 0 Å². The topological polar surface area (TPSA) is 34.0 Å². The number of piperidine rings is 1. The van der Waals surface area contributed by atoms with Crippen LogP contribution in [-0.4, -0.2) is 38.1 Å². The molecule has 0 aromatic carbocycles. The Hall–Kier alpha value is -0.610. The van der Waals surface area contributed by atoms with Gasteiger partial charge in [0.15, 0.2) is 0 Å². The Bertz CT molecular complexity index is 337. The number of hydrogen-bond donors (Lipinski definition) is 0. The van der Waals surface area contributed by atoms with Gasteiger partial charge in [-0.1, -0.05) is 6.42 Å². The Kier molecular flexibility index (Phi) is 4.80. The van der Waals surface area contributed by atoms with E-state index >= 15 is 0 Å². The predicted octanol–water partition coefficient (Wildman–Crippen LogP) is 2.28. The lowest BCUT2D eigenvalue weighted by atomic mass is 10.00. The molecule has 0 radical (unpaired) electrons. The van der Waals surface area contributed by atoms with Crippen molar-refractivity contribution in [2.24, 2.45) is 0 Å². The summed E-state index contributed by atoms with van der Waals surface area (Å²) < 4.78 is 1.98. The molecule has 96 valence electrons. The van der Waals surface area contributed by atoms with Crippen LogP contribution in [0.2, 0.25) is 0 Å². The molecule has 0 saturated carbocycles. The molecule has 17 heavy (non-hydrogen) atoms. The van der Waals surface area contributed by atoms with Gasteiger partial charge in [-0.3, -0.25) is 4.90 Å². The SMILES string of the molecule is CCn1ncnc1CN1CCCCC1CCCl. The van der Waals surface area contributed by atoms with Crippen molar-refractivity contribution in [3.05, 3.63) is 12.2 Å². The molecule has 0 aliphatic carbocycles. The maximum atomic E-state index is 5.88. The third kappa shape index (κ3) is 3.19. The zero-order valence-electron chi connectivity index (χ0n) is 10.5. The molecule has 1 aliphatic heterocycles. The summed E-state index contributed by atoms with van der Waals surface area (Å²) >= 11 is 5.88. The van der Waals surface area contributed by atoms with Crippen molar-refractivity contribution in [2.75, 3.05) is 12.4 Å². The van der Waals surface area contributed by atoms with E-state index in [0.29, 0.717) is 6.04 Å². The number of aromatic nitrogens is 3. The van der Waals surface area contributed by atoms with Gasteiger partial charge in [-0.15, -0.1) is 11.6 Å². The van der Waals surface area contributed by atoms with Crippen LogP contribution in [0.3, 0.4) is 0 Å². The summed E-state index contributed by atoms with van der Waals surface area (Å²) in [5.41, 5.74) is 0. The van der Waals surface area contributed by atoms with Crippen LogP contribution < -0.4 is 0 Å². The molecule has 2 rings (SSSR count). The molecule has 1 fully saturated rings. The van der Waals surface area contributed by atoms with E-state index < -0.39 is 0 Å². The molecule has 2 heterocycles. The van der Waals surface area contributed by atoms with E-state index in [2.05, 4.69) is 21.9 Å². The number of hydrogen-bond acceptors (Lipinski definition) is 3. The van der Waals surface area contributed by atoms with E-state index in [1.807, 2.05) is 4.68 Å². The normalized spacial score (nSPS) is 21.9. The lowest BCUT2D eigenvalue weighted by molar-refractivity contribution is 0.131. The van der Waals surface area contributed by atoms with Gasteiger partial charge in [-0.2, -0.15) is 5.10 Å². The molecule has 0 amide bonds. The minimum atomic E-state index is 0.628. The van der Waals surface area contributed by atoms with Gasteiger partial charge in [0.25, 0.3) is 0 Å². The van der Waals surface area contributed by atoms with Crippen molar-refractivity contribution in [1.82, 2.24) is 19.7 Å². The van der Waals surface area contributed by atoms with E-state index in [1.54, 1.807) is 6.33 Å². The molecule has 0 spiro atoms. The van der Waals surface area contributed by atoms with Crippen LogP contribution in [0.15, 0.2) is 6.33 Å². The number of likely N-dealkylation sites (tertiary alicyclic amines) is 1. The van der Waals surface area contributed by atoms with Crippen LogP contribution in [0.5, 0.6) is 0 Å². The molecule has 1 aliphatic rings. The zero-order chi connectivity index (χ0) is 12.1. The first kappa shape index (κ1) is 12.8. The molecule has 0 N–H and O–H groups in total. The maximum absolute atomic E-state index is 5.88. The van der Waals surface area contributed by atoms with Crippen molar-refractivity contribution in [1.29, 1.82) is 0 Å². The third-order valence-electron chi connectivity index (χ3n) is 3.53. The fraction of sp³-hybridized carbons (Fsp3) is 0.833. The van der Waals surface area contributed by atoms with Gasteiger partial charge in [0, 0.05) is 18.5 Å². The highest BCUT2D eigenvalue weighted by Gasteiger charge is 2.23. The highest BCUT2D eigenvalue weighted by atomic mass is 35.5. The van der Waals surface area contributed by atoms with Crippen LogP contribution in [0.4, 0.5) is 0 Å². The summed E-state index contributed by atoms with van der Waals surface area (Å²) in [7, 11) is 0. The third-order valence-corrected chi connectivity index (χ3v) is 3.75. The summed E-state index contributed by atoms with van der Waals surface area (Å²) in [6.07, 6.45) is 6.63. The average molecular weight is 257 g/mol. The summed E-state index contributed by atoms with van der Waals surface area (Å²) in [6.45, 7) is 5.07. The number of nitrogens with zero attached hydrogens (tertiary/aromatic N) is 4. The van der Waals surface area contributed by atoms with Gasteiger partial charge in [0.05, 0.1) is 6.54 Å². The van der Waals surface area contributed by atoms with Crippen LogP contribution in [0.1, 0.15) is 38.4 Å². The second kappa shape index (κ2) is 6.36. The highest BCUT2D eigenvalue weighted by Crippen LogP contribution is 2.21. The van der Waals surface area contributed by atoms with Crippen molar-refractivity contribution < 1.29 is 0 Å². The largest absolute Gasteiger partial charge is 0.293 e. The van der Waals surface area contributed by atoms with Crippen LogP contribution >= 0.6 is 11.6 Å². The average Bonchev–Trinajstić information content (AvgIpc) is 2.79. The molecular formula is C12H21ClN4. The molecule has 1 unspecified atom stereocenters. The smallest absolute Gasteiger partial charge is 0.141 e. The van der Waals surface area contributed by atoms with Gasteiger partial charge in [0.1, 0.15) is 12.2 Å². The van der Waals surface area contributed by atoms with Gasteiger partial charge in [0.2, 0.25) is 0 Å². The minimum Gasteiger partial charge on any atom is -0.293 e. The van der Waals surface area contributed by atoms with E-state index in [0.717, 1.165) is 37.8 Å². The number of alkyl halides is 1. The number of halogens is 1. The van der Waals surface area contributed by atoms with Crippen LogP contribution in [0.25, 0.3) is 0 Å². The molecule has 0 bridgehead atoms. The molecule has 1 aromatic heterocycles. The molecule has 5 heteroatoms. The van der Waals surface area contributed by atoms with Crippen molar-refractivity contribution in [3.8, 4) is 0 Å².